The normalized spacial score (nSPS) is 11.4. The molecule has 2 aromatic carbocycles. The average molecular weight is 373 g/mol. The summed E-state index contributed by atoms with van der Waals surface area (Å²) in [7, 11) is -3.26. The molecule has 1 aromatic heterocycles. The van der Waals surface area contributed by atoms with E-state index in [1.807, 2.05) is 61.5 Å². The molecular weight excluding hydrogens is 354 g/mol. The highest BCUT2D eigenvalue weighted by atomic mass is 32.2. The Hall–Kier alpha value is -2.18. The summed E-state index contributed by atoms with van der Waals surface area (Å²) < 4.78 is 30.5. The van der Waals surface area contributed by atoms with Gasteiger partial charge in [0.05, 0.1) is 17.2 Å². The van der Waals surface area contributed by atoms with Crippen LogP contribution in [0.3, 0.4) is 0 Å². The van der Waals surface area contributed by atoms with Crippen LogP contribution < -0.4 is 4.74 Å². The highest BCUT2D eigenvalue weighted by molar-refractivity contribution is 7.89. The van der Waals surface area contributed by atoms with Gasteiger partial charge in [0.1, 0.15) is 17.4 Å². The van der Waals surface area contributed by atoms with Crippen molar-refractivity contribution in [2.45, 2.75) is 25.0 Å². The molecule has 0 atom stereocenters. The maximum atomic E-state index is 12.4. The first-order chi connectivity index (χ1) is 12.0. The quantitative estimate of drug-likeness (QED) is 0.624. The topological polar surface area (TPSA) is 56.3 Å². The number of benzene rings is 2. The summed E-state index contributed by atoms with van der Waals surface area (Å²) in [5.74, 6) is 0.752. The smallest absolute Gasteiger partial charge is 0.160 e. The Labute approximate surface area is 152 Å². The van der Waals surface area contributed by atoms with Gasteiger partial charge in [0, 0.05) is 5.38 Å². The third-order valence-corrected chi connectivity index (χ3v) is 6.07. The minimum absolute atomic E-state index is 0.0348. The van der Waals surface area contributed by atoms with Gasteiger partial charge in [0.15, 0.2) is 9.84 Å². The van der Waals surface area contributed by atoms with Gasteiger partial charge in [-0.1, -0.05) is 42.5 Å². The van der Waals surface area contributed by atoms with Crippen LogP contribution in [0, 0.1) is 6.92 Å². The fourth-order valence-corrected chi connectivity index (χ4v) is 4.74. The Morgan fingerprint density at radius 2 is 1.72 bits per heavy atom. The molecule has 0 aliphatic rings. The lowest BCUT2D eigenvalue weighted by atomic mass is 10.1. The summed E-state index contributed by atoms with van der Waals surface area (Å²) in [4.78, 5) is 4.39. The predicted octanol–water partition coefficient (Wildman–Crippen LogP) is 4.15. The number of nitrogens with zero attached hydrogens (tertiary/aromatic N) is 1. The zero-order chi connectivity index (χ0) is 17.7. The van der Waals surface area contributed by atoms with Crippen LogP contribution in [0.1, 0.15) is 21.8 Å². The lowest BCUT2D eigenvalue weighted by Gasteiger charge is -2.06. The van der Waals surface area contributed by atoms with E-state index in [0.717, 1.165) is 21.9 Å². The fourth-order valence-electron chi connectivity index (χ4n) is 2.43. The van der Waals surface area contributed by atoms with Crippen molar-refractivity contribution in [1.82, 2.24) is 4.98 Å². The lowest BCUT2D eigenvalue weighted by molar-refractivity contribution is 0.305. The van der Waals surface area contributed by atoms with Gasteiger partial charge in [-0.05, 0) is 30.2 Å². The molecule has 0 unspecified atom stereocenters. The van der Waals surface area contributed by atoms with Crippen LogP contribution in [0.2, 0.25) is 0 Å². The number of aromatic nitrogens is 1. The molecule has 3 rings (SSSR count). The molecule has 130 valence electrons. The molecule has 0 N–H and O–H groups in total. The van der Waals surface area contributed by atoms with Gasteiger partial charge in [-0.2, -0.15) is 0 Å². The van der Waals surface area contributed by atoms with Crippen LogP contribution in [0.4, 0.5) is 0 Å². The Balaban J connectivity index is 1.61. The number of para-hydroxylation sites is 1. The first-order valence-electron chi connectivity index (χ1n) is 7.88. The maximum Gasteiger partial charge on any atom is 0.160 e. The van der Waals surface area contributed by atoms with Crippen molar-refractivity contribution in [1.29, 1.82) is 0 Å². The Bertz CT molecular complexity index is 934. The molecule has 0 fully saturated rings. The second kappa shape index (κ2) is 7.80. The molecule has 25 heavy (non-hydrogen) atoms. The van der Waals surface area contributed by atoms with E-state index >= 15 is 0 Å². The van der Waals surface area contributed by atoms with Crippen LogP contribution in [0.15, 0.2) is 60.0 Å². The van der Waals surface area contributed by atoms with Gasteiger partial charge in [0.25, 0.3) is 0 Å². The van der Waals surface area contributed by atoms with Gasteiger partial charge in [0.2, 0.25) is 0 Å². The van der Waals surface area contributed by atoms with E-state index in [2.05, 4.69) is 4.98 Å². The van der Waals surface area contributed by atoms with E-state index in [0.29, 0.717) is 12.3 Å². The summed E-state index contributed by atoms with van der Waals surface area (Å²) in [5.41, 5.74) is 2.40. The highest BCUT2D eigenvalue weighted by Gasteiger charge is 2.16. The number of ether oxygens (including phenoxy) is 1. The molecule has 0 aliphatic carbocycles. The van der Waals surface area contributed by atoms with Crippen molar-refractivity contribution >= 4 is 21.2 Å². The third kappa shape index (κ3) is 5.14. The van der Waals surface area contributed by atoms with Gasteiger partial charge >= 0.3 is 0 Å². The van der Waals surface area contributed by atoms with Crippen molar-refractivity contribution in [3.8, 4) is 5.75 Å². The molecule has 0 radical (unpaired) electrons. The molecule has 0 bridgehead atoms. The molecule has 0 saturated heterocycles. The number of hydrogen-bond acceptors (Lipinski definition) is 5. The minimum Gasteiger partial charge on any atom is -0.486 e. The highest BCUT2D eigenvalue weighted by Crippen LogP contribution is 2.19. The van der Waals surface area contributed by atoms with E-state index in [4.69, 9.17) is 4.74 Å². The minimum atomic E-state index is -3.26. The van der Waals surface area contributed by atoms with Crippen molar-refractivity contribution in [2.75, 3.05) is 0 Å². The summed E-state index contributed by atoms with van der Waals surface area (Å²) in [6.45, 7) is 2.26. The van der Waals surface area contributed by atoms with Gasteiger partial charge in [-0.15, -0.1) is 11.3 Å². The maximum absolute atomic E-state index is 12.4. The van der Waals surface area contributed by atoms with Crippen LogP contribution in [-0.4, -0.2) is 13.4 Å². The monoisotopic (exact) mass is 373 g/mol. The Morgan fingerprint density at radius 3 is 2.48 bits per heavy atom. The van der Waals surface area contributed by atoms with Gasteiger partial charge in [-0.3, -0.25) is 0 Å². The second-order valence-corrected chi connectivity index (χ2v) is 8.80. The number of hydrogen-bond donors (Lipinski definition) is 0. The number of sulfone groups is 1. The predicted molar refractivity (Wildman–Crippen MR) is 100 cm³/mol. The fraction of sp³-hybridized carbons (Fsp3) is 0.211. The second-order valence-electron chi connectivity index (χ2n) is 5.79. The van der Waals surface area contributed by atoms with E-state index in [1.165, 1.54) is 11.3 Å². The van der Waals surface area contributed by atoms with Crippen molar-refractivity contribution in [3.63, 3.8) is 0 Å². The van der Waals surface area contributed by atoms with Crippen LogP contribution in [0.5, 0.6) is 5.75 Å². The summed E-state index contributed by atoms with van der Waals surface area (Å²) >= 11 is 1.42. The van der Waals surface area contributed by atoms with Gasteiger partial charge < -0.3 is 4.74 Å². The van der Waals surface area contributed by atoms with Crippen molar-refractivity contribution < 1.29 is 13.2 Å². The number of thiazole rings is 1. The van der Waals surface area contributed by atoms with Crippen LogP contribution in [-0.2, 0) is 27.9 Å². The summed E-state index contributed by atoms with van der Waals surface area (Å²) in [5, 5.41) is 2.56. The molecule has 0 aliphatic heterocycles. The standard InChI is InChI=1S/C19H19NO3S2/c1-15-7-5-6-8-16(15)13-25(21,22)14-17-12-24-19(20-17)11-23-18-9-3-2-4-10-18/h2-10,12H,11,13-14H2,1H3. The molecule has 3 aromatic rings. The molecule has 0 amide bonds. The van der Waals surface area contributed by atoms with E-state index < -0.39 is 9.84 Å². The lowest BCUT2D eigenvalue weighted by Crippen LogP contribution is -2.09. The zero-order valence-corrected chi connectivity index (χ0v) is 15.5. The van der Waals surface area contributed by atoms with Gasteiger partial charge in [-0.25, -0.2) is 13.4 Å². The first kappa shape index (κ1) is 17.6. The summed E-state index contributed by atoms with van der Waals surface area (Å²) in [6.07, 6.45) is 0. The Morgan fingerprint density at radius 1 is 1.00 bits per heavy atom. The SMILES string of the molecule is Cc1ccccc1CS(=O)(=O)Cc1csc(COc2ccccc2)n1. The summed E-state index contributed by atoms with van der Waals surface area (Å²) in [6, 6.07) is 17.0. The first-order valence-corrected chi connectivity index (χ1v) is 10.6. The molecule has 6 heteroatoms. The third-order valence-electron chi connectivity index (χ3n) is 3.71. The number of aryl methyl sites for hydroxylation is 1. The molecular formula is C19H19NO3S2. The van der Waals surface area contributed by atoms with Crippen LogP contribution >= 0.6 is 11.3 Å². The zero-order valence-electron chi connectivity index (χ0n) is 13.9. The molecule has 1 heterocycles. The Kier molecular flexibility index (Phi) is 5.50. The van der Waals surface area contributed by atoms with Crippen molar-refractivity contribution in [3.05, 3.63) is 81.8 Å². The number of rotatable bonds is 7. The van der Waals surface area contributed by atoms with Crippen molar-refractivity contribution in [2.24, 2.45) is 0 Å². The van der Waals surface area contributed by atoms with E-state index in [1.54, 1.807) is 5.38 Å². The van der Waals surface area contributed by atoms with Crippen LogP contribution in [0.25, 0.3) is 0 Å². The largest absolute Gasteiger partial charge is 0.486 e. The van der Waals surface area contributed by atoms with E-state index in [-0.39, 0.29) is 11.5 Å². The molecule has 0 saturated carbocycles. The molecule has 0 spiro atoms. The average Bonchev–Trinajstić information content (AvgIpc) is 3.02. The molecule has 4 nitrogen and oxygen atoms in total. The van der Waals surface area contributed by atoms with E-state index in [9.17, 15) is 8.42 Å².